The maximum absolute atomic E-state index is 10.0. The molecule has 4 N–H and O–H groups in total. The van der Waals surface area contributed by atoms with Gasteiger partial charge in [0.15, 0.2) is 0 Å². The third kappa shape index (κ3) is 2.56. The lowest BCUT2D eigenvalue weighted by molar-refractivity contribution is 0.466. The third-order valence-corrected chi connectivity index (χ3v) is 4.45. The van der Waals surface area contributed by atoms with E-state index in [1.807, 2.05) is 46.8 Å². The zero-order chi connectivity index (χ0) is 15.9. The van der Waals surface area contributed by atoms with E-state index in [1.54, 1.807) is 0 Å². The number of phenols is 2. The van der Waals surface area contributed by atoms with Gasteiger partial charge in [-0.3, -0.25) is 0 Å². The van der Waals surface area contributed by atoms with Crippen LogP contribution in [0, 0.1) is 34.6 Å². The SMILES string of the molecule is Cc1cc(Cc2cc(C)c(O)c(N)c2C)c(C)c(C)c1O. The zero-order valence-electron chi connectivity index (χ0n) is 13.3. The summed E-state index contributed by atoms with van der Waals surface area (Å²) in [5.41, 5.74) is 13.3. The first-order valence-corrected chi connectivity index (χ1v) is 7.10. The van der Waals surface area contributed by atoms with Gasteiger partial charge >= 0.3 is 0 Å². The Hall–Kier alpha value is -2.16. The topological polar surface area (TPSA) is 66.5 Å². The van der Waals surface area contributed by atoms with E-state index in [1.165, 1.54) is 5.56 Å². The quantitative estimate of drug-likeness (QED) is 0.580. The molecule has 0 fully saturated rings. The summed E-state index contributed by atoms with van der Waals surface area (Å²) in [6, 6.07) is 4.01. The van der Waals surface area contributed by atoms with Gasteiger partial charge in [-0.25, -0.2) is 0 Å². The van der Waals surface area contributed by atoms with Crippen LogP contribution in [-0.4, -0.2) is 10.2 Å². The van der Waals surface area contributed by atoms with E-state index < -0.39 is 0 Å². The van der Waals surface area contributed by atoms with Crippen LogP contribution in [0.4, 0.5) is 5.69 Å². The fraction of sp³-hybridized carbons (Fsp3) is 0.333. The van der Waals surface area contributed by atoms with Gasteiger partial charge in [-0.15, -0.1) is 0 Å². The molecule has 21 heavy (non-hydrogen) atoms. The standard InChI is InChI=1S/C18H23NO2/c1-9-6-14(11(3)12(4)17(9)20)8-15-7-10(2)18(21)16(19)13(15)5/h6-7,20-21H,8,19H2,1-5H3. The number of rotatable bonds is 2. The number of aromatic hydroxyl groups is 2. The summed E-state index contributed by atoms with van der Waals surface area (Å²) >= 11 is 0. The molecular formula is C18H23NO2. The molecule has 0 aliphatic rings. The number of aryl methyl sites for hydroxylation is 2. The normalized spacial score (nSPS) is 10.9. The molecule has 0 aromatic heterocycles. The molecule has 3 heteroatoms. The van der Waals surface area contributed by atoms with Crippen LogP contribution in [0.1, 0.15) is 38.9 Å². The van der Waals surface area contributed by atoms with Crippen molar-refractivity contribution in [1.29, 1.82) is 0 Å². The number of phenolic OH excluding ortho intramolecular Hbond substituents is 2. The highest BCUT2D eigenvalue weighted by Crippen LogP contribution is 2.34. The Morgan fingerprint density at radius 3 is 1.81 bits per heavy atom. The Balaban J connectivity index is 2.54. The van der Waals surface area contributed by atoms with Crippen LogP contribution < -0.4 is 5.73 Å². The fourth-order valence-corrected chi connectivity index (χ4v) is 2.73. The second-order valence-electron chi connectivity index (χ2n) is 5.87. The van der Waals surface area contributed by atoms with Gasteiger partial charge in [-0.1, -0.05) is 12.1 Å². The lowest BCUT2D eigenvalue weighted by Gasteiger charge is -2.16. The van der Waals surface area contributed by atoms with E-state index in [9.17, 15) is 10.2 Å². The summed E-state index contributed by atoms with van der Waals surface area (Å²) in [4.78, 5) is 0. The molecule has 0 radical (unpaired) electrons. The second kappa shape index (κ2) is 5.32. The van der Waals surface area contributed by atoms with E-state index in [-0.39, 0.29) is 5.75 Å². The highest BCUT2D eigenvalue weighted by atomic mass is 16.3. The van der Waals surface area contributed by atoms with E-state index >= 15 is 0 Å². The molecule has 0 heterocycles. The van der Waals surface area contributed by atoms with Gasteiger partial charge in [-0.05, 0) is 80.0 Å². The fourth-order valence-electron chi connectivity index (χ4n) is 2.73. The predicted octanol–water partition coefficient (Wildman–Crippen LogP) is 3.81. The van der Waals surface area contributed by atoms with Gasteiger partial charge in [0, 0.05) is 0 Å². The van der Waals surface area contributed by atoms with Crippen molar-refractivity contribution in [2.24, 2.45) is 0 Å². The van der Waals surface area contributed by atoms with Crippen molar-refractivity contribution in [2.75, 3.05) is 5.73 Å². The predicted molar refractivity (Wildman–Crippen MR) is 87.1 cm³/mol. The number of nitrogens with two attached hydrogens (primary N) is 1. The van der Waals surface area contributed by atoms with Gasteiger partial charge in [0.25, 0.3) is 0 Å². The molecule has 0 amide bonds. The highest BCUT2D eigenvalue weighted by molar-refractivity contribution is 5.64. The Labute approximate surface area is 126 Å². The highest BCUT2D eigenvalue weighted by Gasteiger charge is 2.14. The maximum atomic E-state index is 10.0. The van der Waals surface area contributed by atoms with Crippen molar-refractivity contribution in [3.8, 4) is 11.5 Å². The van der Waals surface area contributed by atoms with E-state index in [2.05, 4.69) is 0 Å². The summed E-state index contributed by atoms with van der Waals surface area (Å²) in [6.07, 6.45) is 0.741. The van der Waals surface area contributed by atoms with Crippen molar-refractivity contribution < 1.29 is 10.2 Å². The smallest absolute Gasteiger partial charge is 0.141 e. The first-order valence-electron chi connectivity index (χ1n) is 7.10. The van der Waals surface area contributed by atoms with Crippen LogP contribution in [0.3, 0.4) is 0 Å². The first kappa shape index (κ1) is 15.2. The Morgan fingerprint density at radius 1 is 0.762 bits per heavy atom. The molecule has 0 aliphatic carbocycles. The molecule has 0 unspecified atom stereocenters. The summed E-state index contributed by atoms with van der Waals surface area (Å²) in [7, 11) is 0. The molecule has 112 valence electrons. The average molecular weight is 285 g/mol. The Morgan fingerprint density at radius 2 is 1.24 bits per heavy atom. The van der Waals surface area contributed by atoms with Gasteiger partial charge in [-0.2, -0.15) is 0 Å². The summed E-state index contributed by atoms with van der Waals surface area (Å²) in [6.45, 7) is 9.66. The Kier molecular flexibility index (Phi) is 3.86. The van der Waals surface area contributed by atoms with Gasteiger partial charge in [0.2, 0.25) is 0 Å². The summed E-state index contributed by atoms with van der Waals surface area (Å²) in [5, 5.41) is 19.9. The average Bonchev–Trinajstić information content (AvgIpc) is 2.45. The van der Waals surface area contributed by atoms with Crippen LogP contribution in [0.2, 0.25) is 0 Å². The minimum atomic E-state index is 0.172. The summed E-state index contributed by atoms with van der Waals surface area (Å²) in [5.74, 6) is 0.542. The molecule has 3 nitrogen and oxygen atoms in total. The molecule has 2 aromatic carbocycles. The molecule has 0 atom stereocenters. The Bertz CT molecular complexity index is 657. The number of nitrogen functional groups attached to an aromatic ring is 1. The van der Waals surface area contributed by atoms with Crippen molar-refractivity contribution >= 4 is 5.69 Å². The van der Waals surface area contributed by atoms with E-state index in [0.717, 1.165) is 39.8 Å². The second-order valence-corrected chi connectivity index (χ2v) is 5.87. The number of hydrogen-bond donors (Lipinski definition) is 3. The molecule has 0 aliphatic heterocycles. The van der Waals surface area contributed by atoms with Gasteiger partial charge in [0.05, 0.1) is 5.69 Å². The summed E-state index contributed by atoms with van der Waals surface area (Å²) < 4.78 is 0. The van der Waals surface area contributed by atoms with Gasteiger partial charge in [0.1, 0.15) is 11.5 Å². The molecular weight excluding hydrogens is 262 g/mol. The van der Waals surface area contributed by atoms with Crippen molar-refractivity contribution in [1.82, 2.24) is 0 Å². The van der Waals surface area contributed by atoms with Crippen molar-refractivity contribution in [3.63, 3.8) is 0 Å². The third-order valence-electron chi connectivity index (χ3n) is 4.45. The van der Waals surface area contributed by atoms with Gasteiger partial charge < -0.3 is 15.9 Å². The number of hydrogen-bond acceptors (Lipinski definition) is 3. The van der Waals surface area contributed by atoms with Crippen LogP contribution >= 0.6 is 0 Å². The number of benzene rings is 2. The molecule has 0 saturated carbocycles. The zero-order valence-corrected chi connectivity index (χ0v) is 13.3. The van der Waals surface area contributed by atoms with Crippen LogP contribution in [0.5, 0.6) is 11.5 Å². The monoisotopic (exact) mass is 285 g/mol. The molecule has 2 aromatic rings. The molecule has 0 bridgehead atoms. The van der Waals surface area contributed by atoms with Crippen LogP contribution in [-0.2, 0) is 6.42 Å². The molecule has 2 rings (SSSR count). The van der Waals surface area contributed by atoms with E-state index in [4.69, 9.17) is 5.73 Å². The van der Waals surface area contributed by atoms with Crippen molar-refractivity contribution in [3.05, 3.63) is 51.1 Å². The largest absolute Gasteiger partial charge is 0.507 e. The van der Waals surface area contributed by atoms with Crippen LogP contribution in [0.15, 0.2) is 12.1 Å². The lowest BCUT2D eigenvalue weighted by Crippen LogP contribution is -2.02. The van der Waals surface area contributed by atoms with Crippen LogP contribution in [0.25, 0.3) is 0 Å². The van der Waals surface area contributed by atoms with Crippen molar-refractivity contribution in [2.45, 2.75) is 41.0 Å². The van der Waals surface area contributed by atoms with E-state index in [0.29, 0.717) is 11.4 Å². The molecule has 0 spiro atoms. The lowest BCUT2D eigenvalue weighted by atomic mass is 9.91. The first-order chi connectivity index (χ1) is 9.73. The maximum Gasteiger partial charge on any atom is 0.141 e. The molecule has 0 saturated heterocycles. The number of anilines is 1. The minimum Gasteiger partial charge on any atom is -0.507 e. The minimum absolute atomic E-state index is 0.172.